The van der Waals surface area contributed by atoms with Crippen molar-refractivity contribution in [3.8, 4) is 0 Å². The SMILES string of the molecule is C[C@H]1CCCN(CCNC(=O)c2cc(C3CC3)n(C(C)(C)C)n2)C1. The number of hydrogen-bond donors (Lipinski definition) is 1. The van der Waals surface area contributed by atoms with Crippen molar-refractivity contribution in [2.45, 2.75) is 64.8 Å². The van der Waals surface area contributed by atoms with Gasteiger partial charge in [0.2, 0.25) is 0 Å². The van der Waals surface area contributed by atoms with Gasteiger partial charge in [-0.05, 0) is 65.0 Å². The van der Waals surface area contributed by atoms with Gasteiger partial charge in [-0.1, -0.05) is 6.92 Å². The lowest BCUT2D eigenvalue weighted by Gasteiger charge is -2.30. The monoisotopic (exact) mass is 332 g/mol. The maximum absolute atomic E-state index is 12.5. The highest BCUT2D eigenvalue weighted by Gasteiger charge is 2.32. The first-order chi connectivity index (χ1) is 11.3. The second-order valence-corrected chi connectivity index (χ2v) is 8.62. The van der Waals surface area contributed by atoms with Crippen LogP contribution in [0.25, 0.3) is 0 Å². The zero-order valence-electron chi connectivity index (χ0n) is 15.6. The molecule has 1 amide bonds. The van der Waals surface area contributed by atoms with Crippen LogP contribution in [0.3, 0.4) is 0 Å². The summed E-state index contributed by atoms with van der Waals surface area (Å²) in [5.74, 6) is 1.33. The largest absolute Gasteiger partial charge is 0.349 e. The van der Waals surface area contributed by atoms with Crippen molar-refractivity contribution in [1.82, 2.24) is 20.0 Å². The van der Waals surface area contributed by atoms with Gasteiger partial charge in [-0.3, -0.25) is 9.48 Å². The van der Waals surface area contributed by atoms with Crippen LogP contribution in [0.15, 0.2) is 6.07 Å². The summed E-state index contributed by atoms with van der Waals surface area (Å²) in [6, 6.07) is 2.00. The molecule has 0 unspecified atom stereocenters. The van der Waals surface area contributed by atoms with Gasteiger partial charge in [0, 0.05) is 31.2 Å². The van der Waals surface area contributed by atoms with Gasteiger partial charge in [-0.25, -0.2) is 0 Å². The number of carbonyl (C=O) groups is 1. The maximum Gasteiger partial charge on any atom is 0.271 e. The van der Waals surface area contributed by atoms with Gasteiger partial charge < -0.3 is 10.2 Å². The van der Waals surface area contributed by atoms with Crippen LogP contribution in [0.5, 0.6) is 0 Å². The van der Waals surface area contributed by atoms with E-state index in [1.165, 1.54) is 31.4 Å². The first-order valence-electron chi connectivity index (χ1n) is 9.45. The Morgan fingerprint density at radius 2 is 2.08 bits per heavy atom. The Balaban J connectivity index is 1.57. The summed E-state index contributed by atoms with van der Waals surface area (Å²) < 4.78 is 2.05. The summed E-state index contributed by atoms with van der Waals surface area (Å²) >= 11 is 0. The number of rotatable bonds is 5. The fourth-order valence-corrected chi connectivity index (χ4v) is 3.62. The van der Waals surface area contributed by atoms with Crippen LogP contribution >= 0.6 is 0 Å². The second kappa shape index (κ2) is 6.87. The predicted octanol–water partition coefficient (Wildman–Crippen LogP) is 2.98. The fourth-order valence-electron chi connectivity index (χ4n) is 3.62. The Labute approximate surface area is 145 Å². The minimum absolute atomic E-state index is 0.0371. The molecule has 1 atom stereocenters. The van der Waals surface area contributed by atoms with Gasteiger partial charge in [0.1, 0.15) is 5.69 Å². The van der Waals surface area contributed by atoms with Gasteiger partial charge in [-0.15, -0.1) is 0 Å². The van der Waals surface area contributed by atoms with E-state index >= 15 is 0 Å². The Bertz CT molecular complexity index is 583. The van der Waals surface area contributed by atoms with E-state index in [1.807, 2.05) is 10.7 Å². The van der Waals surface area contributed by atoms with E-state index in [0.717, 1.165) is 25.6 Å². The molecule has 1 aliphatic carbocycles. The summed E-state index contributed by atoms with van der Waals surface area (Å²) in [6.07, 6.45) is 5.04. The van der Waals surface area contributed by atoms with Crippen LogP contribution < -0.4 is 5.32 Å². The summed E-state index contributed by atoms with van der Waals surface area (Å²) in [4.78, 5) is 14.9. The molecule has 134 valence electrons. The molecule has 5 nitrogen and oxygen atoms in total. The van der Waals surface area contributed by atoms with Crippen molar-refractivity contribution in [3.05, 3.63) is 17.5 Å². The number of hydrogen-bond acceptors (Lipinski definition) is 3. The lowest BCUT2D eigenvalue weighted by Crippen LogP contribution is -2.40. The number of piperidine rings is 1. The molecular formula is C19H32N4O. The molecule has 1 saturated carbocycles. The number of nitrogens with zero attached hydrogens (tertiary/aromatic N) is 3. The zero-order chi connectivity index (χ0) is 17.3. The van der Waals surface area contributed by atoms with E-state index < -0.39 is 0 Å². The molecule has 2 heterocycles. The number of carbonyl (C=O) groups excluding carboxylic acids is 1. The molecular weight excluding hydrogens is 300 g/mol. The third-order valence-corrected chi connectivity index (χ3v) is 5.06. The molecule has 3 rings (SSSR count). The molecule has 0 spiro atoms. The highest BCUT2D eigenvalue weighted by molar-refractivity contribution is 5.92. The summed E-state index contributed by atoms with van der Waals surface area (Å²) in [5.41, 5.74) is 1.71. The molecule has 2 aliphatic rings. The molecule has 2 fully saturated rings. The highest BCUT2D eigenvalue weighted by Crippen LogP contribution is 2.41. The van der Waals surface area contributed by atoms with E-state index in [0.29, 0.717) is 18.2 Å². The van der Waals surface area contributed by atoms with Gasteiger partial charge in [0.25, 0.3) is 5.91 Å². The maximum atomic E-state index is 12.5. The standard InChI is InChI=1S/C19H32N4O/c1-14-6-5-10-22(13-14)11-9-20-18(24)16-12-17(15-7-8-15)23(21-16)19(2,3)4/h12,14-15H,5-11,13H2,1-4H3,(H,20,24)/t14-/m0/s1. The molecule has 1 aliphatic heterocycles. The first-order valence-corrected chi connectivity index (χ1v) is 9.45. The average molecular weight is 332 g/mol. The normalized spacial score (nSPS) is 22.6. The van der Waals surface area contributed by atoms with Crippen molar-refractivity contribution >= 4 is 5.91 Å². The van der Waals surface area contributed by atoms with Gasteiger partial charge >= 0.3 is 0 Å². The number of aromatic nitrogens is 2. The third-order valence-electron chi connectivity index (χ3n) is 5.06. The van der Waals surface area contributed by atoms with Gasteiger partial charge in [0.15, 0.2) is 0 Å². The first kappa shape index (κ1) is 17.5. The van der Waals surface area contributed by atoms with E-state index in [-0.39, 0.29) is 11.4 Å². The highest BCUT2D eigenvalue weighted by atomic mass is 16.1. The Hall–Kier alpha value is -1.36. The molecule has 5 heteroatoms. The number of nitrogens with one attached hydrogen (secondary N) is 1. The Morgan fingerprint density at radius 1 is 1.33 bits per heavy atom. The Morgan fingerprint density at radius 3 is 2.71 bits per heavy atom. The fraction of sp³-hybridized carbons (Fsp3) is 0.789. The molecule has 0 radical (unpaired) electrons. The third kappa shape index (κ3) is 4.18. The van der Waals surface area contributed by atoms with Crippen molar-refractivity contribution in [1.29, 1.82) is 0 Å². The van der Waals surface area contributed by atoms with Crippen LogP contribution in [0, 0.1) is 5.92 Å². The summed E-state index contributed by atoms with van der Waals surface area (Å²) in [7, 11) is 0. The smallest absolute Gasteiger partial charge is 0.271 e. The van der Waals surface area contributed by atoms with Crippen molar-refractivity contribution in [3.63, 3.8) is 0 Å². The average Bonchev–Trinajstić information content (AvgIpc) is 3.24. The van der Waals surface area contributed by atoms with Crippen LogP contribution in [0.2, 0.25) is 0 Å². The number of likely N-dealkylation sites (tertiary alicyclic amines) is 1. The molecule has 24 heavy (non-hydrogen) atoms. The summed E-state index contributed by atoms with van der Waals surface area (Å²) in [5, 5.41) is 7.67. The molecule has 0 bridgehead atoms. The lowest BCUT2D eigenvalue weighted by atomic mass is 10.0. The quantitative estimate of drug-likeness (QED) is 0.902. The van der Waals surface area contributed by atoms with Crippen LogP contribution in [0.4, 0.5) is 0 Å². The van der Waals surface area contributed by atoms with Crippen LogP contribution in [0.1, 0.15) is 75.5 Å². The van der Waals surface area contributed by atoms with E-state index in [4.69, 9.17) is 0 Å². The summed E-state index contributed by atoms with van der Waals surface area (Å²) in [6.45, 7) is 12.7. The van der Waals surface area contributed by atoms with Gasteiger partial charge in [-0.2, -0.15) is 5.10 Å². The zero-order valence-corrected chi connectivity index (χ0v) is 15.6. The van der Waals surface area contributed by atoms with Crippen molar-refractivity contribution < 1.29 is 4.79 Å². The minimum Gasteiger partial charge on any atom is -0.349 e. The van der Waals surface area contributed by atoms with Gasteiger partial charge in [0.05, 0.1) is 5.54 Å². The van der Waals surface area contributed by atoms with E-state index in [9.17, 15) is 4.79 Å². The van der Waals surface area contributed by atoms with Crippen molar-refractivity contribution in [2.24, 2.45) is 5.92 Å². The lowest BCUT2D eigenvalue weighted by molar-refractivity contribution is 0.0937. The number of amides is 1. The molecule has 0 aromatic carbocycles. The minimum atomic E-state index is -0.0829. The molecule has 1 saturated heterocycles. The van der Waals surface area contributed by atoms with E-state index in [2.05, 4.69) is 43.0 Å². The van der Waals surface area contributed by atoms with Crippen LogP contribution in [-0.4, -0.2) is 46.8 Å². The van der Waals surface area contributed by atoms with Crippen molar-refractivity contribution in [2.75, 3.05) is 26.2 Å². The molecule has 1 aromatic heterocycles. The van der Waals surface area contributed by atoms with E-state index in [1.54, 1.807) is 0 Å². The Kier molecular flexibility index (Phi) is 5.00. The molecule has 1 aromatic rings. The topological polar surface area (TPSA) is 50.2 Å². The second-order valence-electron chi connectivity index (χ2n) is 8.62. The molecule has 1 N–H and O–H groups in total. The van der Waals surface area contributed by atoms with Crippen LogP contribution in [-0.2, 0) is 5.54 Å². The predicted molar refractivity (Wildman–Crippen MR) is 96.4 cm³/mol.